The van der Waals surface area contributed by atoms with E-state index in [4.69, 9.17) is 23.2 Å². The van der Waals surface area contributed by atoms with Crippen molar-refractivity contribution in [3.05, 3.63) is 63.9 Å². The molecule has 0 atom stereocenters. The predicted molar refractivity (Wildman–Crippen MR) is 130 cm³/mol. The van der Waals surface area contributed by atoms with Crippen molar-refractivity contribution in [1.29, 1.82) is 0 Å². The summed E-state index contributed by atoms with van der Waals surface area (Å²) in [6.45, 7) is 4.16. The zero-order chi connectivity index (χ0) is 23.3. The van der Waals surface area contributed by atoms with Crippen LogP contribution in [0.3, 0.4) is 0 Å². The molecule has 0 unspecified atom stereocenters. The number of thioether (sulfide) groups is 1. The lowest BCUT2D eigenvalue weighted by atomic mass is 10.0. The van der Waals surface area contributed by atoms with Crippen LogP contribution in [-0.2, 0) is 23.1 Å². The van der Waals surface area contributed by atoms with Crippen LogP contribution in [0, 0.1) is 0 Å². The Labute approximate surface area is 200 Å². The first-order chi connectivity index (χ1) is 15.2. The van der Waals surface area contributed by atoms with E-state index in [9.17, 15) is 9.59 Å². The van der Waals surface area contributed by atoms with Gasteiger partial charge in [-0.15, -0.1) is 10.2 Å². The van der Waals surface area contributed by atoms with Crippen molar-refractivity contribution in [1.82, 2.24) is 14.8 Å². The van der Waals surface area contributed by atoms with Crippen LogP contribution < -0.4 is 10.6 Å². The summed E-state index contributed by atoms with van der Waals surface area (Å²) in [7, 11) is 1.76. The SMILES string of the molecule is CC(C)c1ccccc1NC(=O)CSc1nnc(CC(=O)Nc2ccc(Cl)c(Cl)c2)n1C. The zero-order valence-corrected chi connectivity index (χ0v) is 20.2. The number of rotatable bonds is 8. The van der Waals surface area contributed by atoms with Crippen molar-refractivity contribution in [2.75, 3.05) is 16.4 Å². The summed E-state index contributed by atoms with van der Waals surface area (Å²) >= 11 is 13.1. The molecule has 0 fully saturated rings. The lowest BCUT2D eigenvalue weighted by molar-refractivity contribution is -0.116. The van der Waals surface area contributed by atoms with E-state index in [-0.39, 0.29) is 24.0 Å². The van der Waals surface area contributed by atoms with Crippen molar-refractivity contribution >= 4 is 58.2 Å². The molecular formula is C22H23Cl2N5O2S. The second kappa shape index (κ2) is 10.8. The molecule has 2 amide bonds. The number of carbonyl (C=O) groups excluding carboxylic acids is 2. The Bertz CT molecular complexity index is 1130. The minimum absolute atomic E-state index is 0.0261. The molecule has 2 aromatic carbocycles. The molecule has 32 heavy (non-hydrogen) atoms. The number of carbonyl (C=O) groups is 2. The number of nitrogens with one attached hydrogen (secondary N) is 2. The van der Waals surface area contributed by atoms with Gasteiger partial charge in [0.2, 0.25) is 11.8 Å². The highest BCUT2D eigenvalue weighted by atomic mass is 35.5. The molecule has 0 aliphatic carbocycles. The molecule has 0 aliphatic heterocycles. The van der Waals surface area contributed by atoms with Crippen molar-refractivity contribution in [2.24, 2.45) is 7.05 Å². The topological polar surface area (TPSA) is 88.9 Å². The van der Waals surface area contributed by atoms with Crippen molar-refractivity contribution in [3.8, 4) is 0 Å². The fourth-order valence-electron chi connectivity index (χ4n) is 2.98. The van der Waals surface area contributed by atoms with Crippen LogP contribution in [0.15, 0.2) is 47.6 Å². The highest BCUT2D eigenvalue weighted by Gasteiger charge is 2.16. The van der Waals surface area contributed by atoms with Gasteiger partial charge in [-0.2, -0.15) is 0 Å². The Balaban J connectivity index is 1.56. The number of aromatic nitrogens is 3. The van der Waals surface area contributed by atoms with Gasteiger partial charge in [-0.1, -0.05) is 67.0 Å². The minimum Gasteiger partial charge on any atom is -0.326 e. The van der Waals surface area contributed by atoms with Gasteiger partial charge >= 0.3 is 0 Å². The highest BCUT2D eigenvalue weighted by Crippen LogP contribution is 2.26. The van der Waals surface area contributed by atoms with Crippen LogP contribution >= 0.6 is 35.0 Å². The van der Waals surface area contributed by atoms with Gasteiger partial charge in [0, 0.05) is 18.4 Å². The van der Waals surface area contributed by atoms with E-state index >= 15 is 0 Å². The molecule has 3 aromatic rings. The standard InChI is InChI=1S/C22H23Cl2N5O2S/c1-13(2)15-6-4-5-7-18(15)26-21(31)12-32-22-28-27-19(29(22)3)11-20(30)25-14-8-9-16(23)17(24)10-14/h4-10,13H,11-12H2,1-3H3,(H,25,30)(H,26,31). The van der Waals surface area contributed by atoms with Crippen LogP contribution in [0.5, 0.6) is 0 Å². The molecule has 3 rings (SSSR count). The van der Waals surface area contributed by atoms with Crippen LogP contribution in [0.2, 0.25) is 10.0 Å². The second-order valence-corrected chi connectivity index (χ2v) is 9.15. The summed E-state index contributed by atoms with van der Waals surface area (Å²) < 4.78 is 1.70. The quantitative estimate of drug-likeness (QED) is 0.424. The maximum Gasteiger partial charge on any atom is 0.234 e. The first kappa shape index (κ1) is 24.1. The van der Waals surface area contributed by atoms with E-state index in [2.05, 4.69) is 34.7 Å². The van der Waals surface area contributed by atoms with Gasteiger partial charge < -0.3 is 15.2 Å². The molecule has 0 saturated heterocycles. The Kier molecular flexibility index (Phi) is 8.17. The van der Waals surface area contributed by atoms with Crippen molar-refractivity contribution < 1.29 is 9.59 Å². The first-order valence-corrected chi connectivity index (χ1v) is 11.6. The summed E-state index contributed by atoms with van der Waals surface area (Å²) in [6, 6.07) is 12.6. The van der Waals surface area contributed by atoms with E-state index in [0.29, 0.717) is 32.6 Å². The number of anilines is 2. The van der Waals surface area contributed by atoms with Crippen LogP contribution in [0.4, 0.5) is 11.4 Å². The van der Waals surface area contributed by atoms with E-state index in [0.717, 1.165) is 11.3 Å². The molecular weight excluding hydrogens is 469 g/mol. The number of hydrogen-bond acceptors (Lipinski definition) is 5. The van der Waals surface area contributed by atoms with Crippen molar-refractivity contribution in [3.63, 3.8) is 0 Å². The Morgan fingerprint density at radius 2 is 1.78 bits per heavy atom. The summed E-state index contributed by atoms with van der Waals surface area (Å²) in [5.74, 6) is 0.558. The number of hydrogen-bond donors (Lipinski definition) is 2. The van der Waals surface area contributed by atoms with Crippen LogP contribution in [-0.4, -0.2) is 32.3 Å². The van der Waals surface area contributed by atoms with Crippen molar-refractivity contribution in [2.45, 2.75) is 31.3 Å². The second-order valence-electron chi connectivity index (χ2n) is 7.39. The molecule has 0 aliphatic rings. The molecule has 7 nitrogen and oxygen atoms in total. The molecule has 0 saturated carbocycles. The average Bonchev–Trinajstić information content (AvgIpc) is 3.08. The number of halogens is 2. The lowest BCUT2D eigenvalue weighted by Crippen LogP contribution is -2.17. The largest absolute Gasteiger partial charge is 0.326 e. The van der Waals surface area contributed by atoms with Gasteiger partial charge in [0.1, 0.15) is 5.82 Å². The third-order valence-electron chi connectivity index (χ3n) is 4.64. The van der Waals surface area contributed by atoms with Crippen LogP contribution in [0.25, 0.3) is 0 Å². The van der Waals surface area contributed by atoms with Gasteiger partial charge in [0.05, 0.1) is 22.2 Å². The number of benzene rings is 2. The summed E-state index contributed by atoms with van der Waals surface area (Å²) in [5.41, 5.74) is 2.44. The number of amides is 2. The lowest BCUT2D eigenvalue weighted by Gasteiger charge is -2.13. The van der Waals surface area contributed by atoms with Crippen LogP contribution in [0.1, 0.15) is 31.2 Å². The minimum atomic E-state index is -0.265. The maximum absolute atomic E-state index is 12.4. The zero-order valence-electron chi connectivity index (χ0n) is 17.9. The molecule has 1 heterocycles. The third kappa shape index (κ3) is 6.25. The maximum atomic E-state index is 12.4. The highest BCUT2D eigenvalue weighted by molar-refractivity contribution is 7.99. The summed E-state index contributed by atoms with van der Waals surface area (Å²) in [4.78, 5) is 24.8. The van der Waals surface area contributed by atoms with Gasteiger partial charge in [0.15, 0.2) is 5.16 Å². The van der Waals surface area contributed by atoms with E-state index < -0.39 is 0 Å². The van der Waals surface area contributed by atoms with E-state index in [1.165, 1.54) is 11.8 Å². The molecule has 2 N–H and O–H groups in total. The van der Waals surface area contributed by atoms with Gasteiger partial charge in [0.25, 0.3) is 0 Å². The fraction of sp³-hybridized carbons (Fsp3) is 0.273. The van der Waals surface area contributed by atoms with Gasteiger partial charge in [-0.25, -0.2) is 0 Å². The summed E-state index contributed by atoms with van der Waals surface area (Å²) in [6.07, 6.45) is 0.0261. The molecule has 168 valence electrons. The van der Waals surface area contributed by atoms with Gasteiger partial charge in [-0.3, -0.25) is 9.59 Å². The van der Waals surface area contributed by atoms with E-state index in [1.807, 2.05) is 24.3 Å². The molecule has 0 radical (unpaired) electrons. The Morgan fingerprint density at radius 1 is 1.03 bits per heavy atom. The third-order valence-corrected chi connectivity index (χ3v) is 6.40. The molecule has 1 aromatic heterocycles. The smallest absolute Gasteiger partial charge is 0.234 e. The monoisotopic (exact) mass is 491 g/mol. The molecule has 10 heteroatoms. The normalized spacial score (nSPS) is 10.9. The average molecular weight is 492 g/mol. The Hall–Kier alpha value is -2.55. The van der Waals surface area contributed by atoms with Gasteiger partial charge in [-0.05, 0) is 35.7 Å². The fourth-order valence-corrected chi connectivity index (χ4v) is 4.01. The first-order valence-electron chi connectivity index (χ1n) is 9.89. The number of para-hydroxylation sites is 1. The predicted octanol–water partition coefficient (Wildman–Crippen LogP) is 5.16. The number of nitrogens with zero attached hydrogens (tertiary/aromatic N) is 3. The molecule has 0 bridgehead atoms. The Morgan fingerprint density at radius 3 is 2.50 bits per heavy atom. The van der Waals surface area contributed by atoms with E-state index in [1.54, 1.807) is 29.8 Å². The molecule has 0 spiro atoms. The summed E-state index contributed by atoms with van der Waals surface area (Å²) in [5, 5.41) is 15.2.